The molecule has 3 heteroatoms. The summed E-state index contributed by atoms with van der Waals surface area (Å²) in [6, 6.07) is 7.38. The summed E-state index contributed by atoms with van der Waals surface area (Å²) in [5.41, 5.74) is 0.217. The smallest absolute Gasteiger partial charge is 0.115 e. The second-order valence-corrected chi connectivity index (χ2v) is 5.98. The SMILES string of the molecule is Oc1ccc(C2(O)CCCCN3CCCCC32)cc1. The Morgan fingerprint density at radius 1 is 1.00 bits per heavy atom. The lowest BCUT2D eigenvalue weighted by molar-refractivity contribution is -0.0629. The van der Waals surface area contributed by atoms with E-state index in [1.165, 1.54) is 19.3 Å². The Hall–Kier alpha value is -1.06. The Morgan fingerprint density at radius 3 is 2.42 bits per heavy atom. The first-order valence-electron chi connectivity index (χ1n) is 7.46. The lowest BCUT2D eigenvalue weighted by Gasteiger charge is -2.44. The van der Waals surface area contributed by atoms with Crippen LogP contribution < -0.4 is 0 Å². The highest BCUT2D eigenvalue weighted by atomic mass is 16.3. The van der Waals surface area contributed by atoms with Crippen LogP contribution in [0.5, 0.6) is 5.75 Å². The molecule has 2 heterocycles. The first-order chi connectivity index (χ1) is 9.20. The number of aromatic hydroxyl groups is 1. The fourth-order valence-corrected chi connectivity index (χ4v) is 3.76. The average Bonchev–Trinajstić information content (AvgIpc) is 2.61. The number of benzene rings is 1. The van der Waals surface area contributed by atoms with Crippen molar-refractivity contribution in [3.63, 3.8) is 0 Å². The molecule has 0 bridgehead atoms. The summed E-state index contributed by atoms with van der Waals surface area (Å²) in [7, 11) is 0. The third-order valence-electron chi connectivity index (χ3n) is 4.79. The Balaban J connectivity index is 1.95. The minimum Gasteiger partial charge on any atom is -0.508 e. The highest BCUT2D eigenvalue weighted by Gasteiger charge is 2.43. The van der Waals surface area contributed by atoms with Crippen molar-refractivity contribution in [3.8, 4) is 5.75 Å². The lowest BCUT2D eigenvalue weighted by Crippen LogP contribution is -2.51. The van der Waals surface area contributed by atoms with Gasteiger partial charge in [-0.1, -0.05) is 18.6 Å². The van der Waals surface area contributed by atoms with Crippen LogP contribution >= 0.6 is 0 Å². The molecule has 0 radical (unpaired) electrons. The molecule has 2 unspecified atom stereocenters. The summed E-state index contributed by atoms with van der Waals surface area (Å²) in [5, 5.41) is 20.7. The lowest BCUT2D eigenvalue weighted by atomic mass is 9.79. The maximum absolute atomic E-state index is 11.3. The first-order valence-corrected chi connectivity index (χ1v) is 7.46. The molecule has 0 spiro atoms. The second-order valence-electron chi connectivity index (χ2n) is 5.98. The Bertz CT molecular complexity index is 431. The van der Waals surface area contributed by atoms with Crippen molar-refractivity contribution in [2.75, 3.05) is 13.1 Å². The van der Waals surface area contributed by atoms with Crippen molar-refractivity contribution in [2.45, 2.75) is 50.2 Å². The summed E-state index contributed by atoms with van der Waals surface area (Å²) < 4.78 is 0. The van der Waals surface area contributed by atoms with Gasteiger partial charge in [0, 0.05) is 6.04 Å². The van der Waals surface area contributed by atoms with Crippen molar-refractivity contribution in [2.24, 2.45) is 0 Å². The number of aliphatic hydroxyl groups is 1. The second kappa shape index (κ2) is 5.14. The number of piperidine rings is 1. The van der Waals surface area contributed by atoms with Gasteiger partial charge in [-0.3, -0.25) is 4.90 Å². The molecule has 0 saturated carbocycles. The molecule has 2 N–H and O–H groups in total. The molecule has 1 aromatic rings. The molecule has 2 aliphatic heterocycles. The maximum atomic E-state index is 11.3. The van der Waals surface area contributed by atoms with Gasteiger partial charge in [-0.2, -0.15) is 0 Å². The van der Waals surface area contributed by atoms with E-state index in [0.717, 1.165) is 37.9 Å². The van der Waals surface area contributed by atoms with Crippen LogP contribution in [0.25, 0.3) is 0 Å². The number of hydrogen-bond acceptors (Lipinski definition) is 3. The van der Waals surface area contributed by atoms with Gasteiger partial charge in [0.25, 0.3) is 0 Å². The fraction of sp³-hybridized carbons (Fsp3) is 0.625. The van der Waals surface area contributed by atoms with Gasteiger partial charge in [0.05, 0.1) is 0 Å². The van der Waals surface area contributed by atoms with Gasteiger partial charge in [-0.15, -0.1) is 0 Å². The third-order valence-corrected chi connectivity index (χ3v) is 4.79. The van der Waals surface area contributed by atoms with Gasteiger partial charge >= 0.3 is 0 Å². The topological polar surface area (TPSA) is 43.7 Å². The Kier molecular flexibility index (Phi) is 3.50. The Labute approximate surface area is 114 Å². The number of phenols is 1. The van der Waals surface area contributed by atoms with Crippen molar-refractivity contribution in [3.05, 3.63) is 29.8 Å². The number of phenolic OH excluding ortho intramolecular Hbond substituents is 1. The van der Waals surface area contributed by atoms with Crippen LogP contribution in [0, 0.1) is 0 Å². The van der Waals surface area contributed by atoms with E-state index >= 15 is 0 Å². The van der Waals surface area contributed by atoms with E-state index in [1.807, 2.05) is 12.1 Å². The van der Waals surface area contributed by atoms with Crippen LogP contribution in [0.3, 0.4) is 0 Å². The van der Waals surface area contributed by atoms with E-state index in [-0.39, 0.29) is 11.8 Å². The van der Waals surface area contributed by atoms with Gasteiger partial charge in [0.1, 0.15) is 11.4 Å². The van der Waals surface area contributed by atoms with E-state index in [4.69, 9.17) is 0 Å². The van der Waals surface area contributed by atoms with Crippen LogP contribution in [-0.2, 0) is 5.60 Å². The van der Waals surface area contributed by atoms with Crippen molar-refractivity contribution >= 4 is 0 Å². The van der Waals surface area contributed by atoms with Crippen molar-refractivity contribution < 1.29 is 10.2 Å². The molecule has 0 aliphatic carbocycles. The number of rotatable bonds is 1. The predicted molar refractivity (Wildman–Crippen MR) is 75.1 cm³/mol. The highest BCUT2D eigenvalue weighted by molar-refractivity contribution is 5.31. The zero-order valence-corrected chi connectivity index (χ0v) is 11.4. The predicted octanol–water partition coefficient (Wildman–Crippen LogP) is 2.62. The molecule has 3 nitrogen and oxygen atoms in total. The van der Waals surface area contributed by atoms with Gasteiger partial charge in [0.2, 0.25) is 0 Å². The molecule has 0 aromatic heterocycles. The molecule has 1 aromatic carbocycles. The number of nitrogens with zero attached hydrogens (tertiary/aromatic N) is 1. The van der Waals surface area contributed by atoms with E-state index in [0.29, 0.717) is 0 Å². The molecular formula is C16H23NO2. The highest BCUT2D eigenvalue weighted by Crippen LogP contribution is 2.40. The molecular weight excluding hydrogens is 238 g/mol. The van der Waals surface area contributed by atoms with E-state index < -0.39 is 5.60 Å². The Morgan fingerprint density at radius 2 is 1.68 bits per heavy atom. The monoisotopic (exact) mass is 261 g/mol. The van der Waals surface area contributed by atoms with Crippen molar-refractivity contribution in [1.29, 1.82) is 0 Å². The molecule has 3 rings (SSSR count). The average molecular weight is 261 g/mol. The summed E-state index contributed by atoms with van der Waals surface area (Å²) in [5.74, 6) is 0.265. The molecule has 2 aliphatic rings. The van der Waals surface area contributed by atoms with Crippen molar-refractivity contribution in [1.82, 2.24) is 4.90 Å². The third kappa shape index (κ3) is 2.37. The fourth-order valence-electron chi connectivity index (χ4n) is 3.76. The van der Waals surface area contributed by atoms with Crippen LogP contribution in [-0.4, -0.2) is 34.2 Å². The molecule has 2 saturated heterocycles. The molecule has 2 atom stereocenters. The van der Waals surface area contributed by atoms with Crippen LogP contribution in [0.2, 0.25) is 0 Å². The zero-order chi connectivity index (χ0) is 13.3. The van der Waals surface area contributed by atoms with E-state index in [9.17, 15) is 10.2 Å². The van der Waals surface area contributed by atoms with E-state index in [2.05, 4.69) is 4.90 Å². The summed E-state index contributed by atoms with van der Waals surface area (Å²) in [4.78, 5) is 2.48. The van der Waals surface area contributed by atoms with Gasteiger partial charge in [0.15, 0.2) is 0 Å². The molecule has 19 heavy (non-hydrogen) atoms. The summed E-state index contributed by atoms with van der Waals surface area (Å²) in [6.45, 7) is 2.23. The number of fused-ring (bicyclic) bond motifs is 1. The standard InChI is InChI=1S/C16H23NO2/c18-14-8-6-13(7-9-14)16(19)10-2-4-12-17-11-3-1-5-15(16)17/h6-9,15,18-19H,1-5,10-12H2. The van der Waals surface area contributed by atoms with Gasteiger partial charge < -0.3 is 10.2 Å². The van der Waals surface area contributed by atoms with Crippen LogP contribution in [0.15, 0.2) is 24.3 Å². The summed E-state index contributed by atoms with van der Waals surface area (Å²) in [6.07, 6.45) is 6.63. The summed E-state index contributed by atoms with van der Waals surface area (Å²) >= 11 is 0. The largest absolute Gasteiger partial charge is 0.508 e. The van der Waals surface area contributed by atoms with Crippen LogP contribution in [0.4, 0.5) is 0 Å². The van der Waals surface area contributed by atoms with Gasteiger partial charge in [-0.05, 0) is 62.9 Å². The minimum atomic E-state index is -0.745. The van der Waals surface area contributed by atoms with Gasteiger partial charge in [-0.25, -0.2) is 0 Å². The molecule has 2 fully saturated rings. The first kappa shape index (κ1) is 12.9. The minimum absolute atomic E-state index is 0.244. The quantitative estimate of drug-likeness (QED) is 0.816. The molecule has 0 amide bonds. The normalized spacial score (nSPS) is 32.6. The maximum Gasteiger partial charge on any atom is 0.115 e. The molecule has 104 valence electrons. The van der Waals surface area contributed by atoms with E-state index in [1.54, 1.807) is 12.1 Å². The zero-order valence-electron chi connectivity index (χ0n) is 11.4. The van der Waals surface area contributed by atoms with Crippen LogP contribution in [0.1, 0.15) is 44.1 Å². The number of hydrogen-bond donors (Lipinski definition) is 2.